The van der Waals surface area contributed by atoms with Crippen molar-refractivity contribution in [3.63, 3.8) is 0 Å². The van der Waals surface area contributed by atoms with Crippen molar-refractivity contribution >= 4 is 27.5 Å². The summed E-state index contributed by atoms with van der Waals surface area (Å²) in [5.74, 6) is 0.698. The van der Waals surface area contributed by atoms with Gasteiger partial charge in [0.05, 0.1) is 19.0 Å². The zero-order valence-electron chi connectivity index (χ0n) is 16.8. The number of hydrogen-bond donors (Lipinski definition) is 0. The maximum absolute atomic E-state index is 12.9. The maximum Gasteiger partial charge on any atom is 0.271 e. The molecule has 2 heterocycles. The quantitative estimate of drug-likeness (QED) is 0.633. The van der Waals surface area contributed by atoms with E-state index in [1.165, 1.54) is 22.2 Å². The highest BCUT2D eigenvalue weighted by Gasteiger charge is 2.21. The van der Waals surface area contributed by atoms with Crippen molar-refractivity contribution < 1.29 is 9.53 Å². The van der Waals surface area contributed by atoms with Crippen molar-refractivity contribution in [1.82, 2.24) is 14.5 Å². The number of methoxy groups -OCH3 is 1. The molecule has 148 valence electrons. The molecule has 0 atom stereocenters. The molecule has 0 unspecified atom stereocenters. The number of carbonyl (C=O) groups is 1. The monoisotopic (exact) mass is 399 g/mol. The van der Waals surface area contributed by atoms with Crippen LogP contribution in [-0.4, -0.2) is 39.6 Å². The minimum Gasteiger partial charge on any atom is -0.497 e. The fourth-order valence-electron chi connectivity index (χ4n) is 3.36. The molecular weight excluding hydrogens is 374 g/mol. The van der Waals surface area contributed by atoms with Crippen molar-refractivity contribution in [1.29, 1.82) is 0 Å². The van der Waals surface area contributed by atoms with Crippen LogP contribution in [0.4, 0.5) is 0 Å². The van der Waals surface area contributed by atoms with E-state index in [2.05, 4.69) is 4.98 Å². The maximum atomic E-state index is 12.9. The van der Waals surface area contributed by atoms with Crippen molar-refractivity contribution in [2.24, 2.45) is 0 Å². The first kappa shape index (κ1) is 20.1. The molecule has 0 radical (unpaired) electrons. The van der Waals surface area contributed by atoms with Crippen LogP contribution >= 0.6 is 11.3 Å². The predicted octanol–water partition coefficient (Wildman–Crippen LogP) is 3.78. The fraction of sp³-hybridized carbons (Fsp3) is 0.381. The van der Waals surface area contributed by atoms with E-state index in [1.807, 2.05) is 58.0 Å². The van der Waals surface area contributed by atoms with Gasteiger partial charge >= 0.3 is 0 Å². The van der Waals surface area contributed by atoms with Gasteiger partial charge < -0.3 is 9.64 Å². The van der Waals surface area contributed by atoms with Crippen molar-refractivity contribution in [2.45, 2.75) is 46.3 Å². The lowest BCUT2D eigenvalue weighted by Gasteiger charge is -2.30. The Morgan fingerprint density at radius 2 is 1.82 bits per heavy atom. The molecule has 0 bridgehead atoms. The lowest BCUT2D eigenvalue weighted by Crippen LogP contribution is -2.44. The van der Waals surface area contributed by atoms with Gasteiger partial charge in [-0.3, -0.25) is 14.2 Å². The number of aromatic nitrogens is 2. The van der Waals surface area contributed by atoms with Gasteiger partial charge in [0.15, 0.2) is 0 Å². The number of ether oxygens (including phenoxy) is 1. The molecule has 2 aromatic heterocycles. The third-order valence-electron chi connectivity index (χ3n) is 4.58. The average molecular weight is 400 g/mol. The van der Waals surface area contributed by atoms with E-state index in [1.54, 1.807) is 12.0 Å². The molecule has 0 N–H and O–H groups in total. The van der Waals surface area contributed by atoms with Crippen LogP contribution in [0.5, 0.6) is 5.75 Å². The molecule has 1 aromatic carbocycles. The van der Waals surface area contributed by atoms with Crippen molar-refractivity contribution in [3.05, 3.63) is 47.0 Å². The summed E-state index contributed by atoms with van der Waals surface area (Å²) in [4.78, 5) is 32.8. The van der Waals surface area contributed by atoms with E-state index < -0.39 is 0 Å². The third kappa shape index (κ3) is 3.94. The van der Waals surface area contributed by atoms with E-state index in [0.717, 1.165) is 16.2 Å². The van der Waals surface area contributed by atoms with Gasteiger partial charge in [-0.2, -0.15) is 0 Å². The lowest BCUT2D eigenvalue weighted by atomic mass is 10.2. The van der Waals surface area contributed by atoms with Crippen LogP contribution in [0.2, 0.25) is 0 Å². The second kappa shape index (κ2) is 8.14. The van der Waals surface area contributed by atoms with Crippen LogP contribution < -0.4 is 10.3 Å². The Hall–Kier alpha value is -2.67. The van der Waals surface area contributed by atoms with Crippen LogP contribution in [0.25, 0.3) is 20.7 Å². The Bertz CT molecular complexity index is 1030. The molecule has 0 spiro atoms. The van der Waals surface area contributed by atoms with Gasteiger partial charge in [0.1, 0.15) is 17.0 Å². The summed E-state index contributed by atoms with van der Waals surface area (Å²) in [6.45, 7) is 7.89. The first-order chi connectivity index (χ1) is 13.3. The zero-order chi connectivity index (χ0) is 20.4. The molecule has 0 aliphatic heterocycles. The molecule has 1 amide bonds. The minimum atomic E-state index is -0.185. The highest BCUT2D eigenvalue weighted by Crippen LogP contribution is 2.31. The summed E-state index contributed by atoms with van der Waals surface area (Å²) in [5, 5.41) is 0. The number of thiophene rings is 1. The highest BCUT2D eigenvalue weighted by atomic mass is 32.1. The van der Waals surface area contributed by atoms with E-state index >= 15 is 0 Å². The SMILES string of the molecule is COc1ccc(-c2cc3ncn(CC(=O)N(C(C)C)C(C)C)c(=O)c3s2)cc1. The number of benzene rings is 1. The Balaban J connectivity index is 1.93. The molecular formula is C21H25N3O3S. The summed E-state index contributed by atoms with van der Waals surface area (Å²) >= 11 is 1.39. The summed E-state index contributed by atoms with van der Waals surface area (Å²) in [6, 6.07) is 9.73. The number of hydrogen-bond acceptors (Lipinski definition) is 5. The minimum absolute atomic E-state index is 0.00605. The summed E-state index contributed by atoms with van der Waals surface area (Å²) in [5.41, 5.74) is 1.46. The number of rotatable bonds is 6. The summed E-state index contributed by atoms with van der Waals surface area (Å²) < 4.78 is 7.15. The van der Waals surface area contributed by atoms with Crippen LogP contribution in [0.3, 0.4) is 0 Å². The van der Waals surface area contributed by atoms with E-state index in [-0.39, 0.29) is 30.1 Å². The van der Waals surface area contributed by atoms with Crippen molar-refractivity contribution in [2.75, 3.05) is 7.11 Å². The summed E-state index contributed by atoms with van der Waals surface area (Å²) in [6.07, 6.45) is 1.46. The van der Waals surface area contributed by atoms with E-state index in [0.29, 0.717) is 10.2 Å². The average Bonchev–Trinajstić information content (AvgIpc) is 3.08. The Morgan fingerprint density at radius 1 is 1.18 bits per heavy atom. The number of amides is 1. The van der Waals surface area contributed by atoms with Crippen LogP contribution in [-0.2, 0) is 11.3 Å². The van der Waals surface area contributed by atoms with Gasteiger partial charge in [0, 0.05) is 17.0 Å². The van der Waals surface area contributed by atoms with Gasteiger partial charge in [-0.25, -0.2) is 4.98 Å². The Kier molecular flexibility index (Phi) is 5.84. The first-order valence-electron chi connectivity index (χ1n) is 9.26. The molecule has 6 nitrogen and oxygen atoms in total. The third-order valence-corrected chi connectivity index (χ3v) is 5.75. The standard InChI is InChI=1S/C21H25N3O3S/c1-13(2)24(14(3)4)19(25)11-23-12-22-17-10-18(28-20(17)21(23)26)15-6-8-16(27-5)9-7-15/h6-10,12-14H,11H2,1-5H3. The normalized spacial score (nSPS) is 11.4. The number of carbonyl (C=O) groups excluding carboxylic acids is 1. The second-order valence-electron chi connectivity index (χ2n) is 7.22. The van der Waals surface area contributed by atoms with Gasteiger partial charge in [-0.1, -0.05) is 0 Å². The Morgan fingerprint density at radius 3 is 2.39 bits per heavy atom. The van der Waals surface area contributed by atoms with Crippen molar-refractivity contribution in [3.8, 4) is 16.2 Å². The van der Waals surface area contributed by atoms with E-state index in [4.69, 9.17) is 4.74 Å². The van der Waals surface area contributed by atoms with Gasteiger partial charge in [-0.15, -0.1) is 11.3 Å². The molecule has 3 aromatic rings. The molecule has 0 aliphatic rings. The molecule has 0 saturated heterocycles. The summed E-state index contributed by atoms with van der Waals surface area (Å²) in [7, 11) is 1.63. The van der Waals surface area contributed by atoms with Crippen LogP contribution in [0.1, 0.15) is 27.7 Å². The molecule has 0 fully saturated rings. The second-order valence-corrected chi connectivity index (χ2v) is 8.27. The molecule has 7 heteroatoms. The van der Waals surface area contributed by atoms with Crippen LogP contribution in [0.15, 0.2) is 41.5 Å². The number of fused-ring (bicyclic) bond motifs is 1. The fourth-order valence-corrected chi connectivity index (χ4v) is 4.42. The van der Waals surface area contributed by atoms with Gasteiger partial charge in [0.2, 0.25) is 5.91 Å². The topological polar surface area (TPSA) is 64.4 Å². The largest absolute Gasteiger partial charge is 0.497 e. The van der Waals surface area contributed by atoms with Gasteiger partial charge in [0.25, 0.3) is 5.56 Å². The predicted molar refractivity (Wildman–Crippen MR) is 113 cm³/mol. The highest BCUT2D eigenvalue weighted by molar-refractivity contribution is 7.22. The van der Waals surface area contributed by atoms with E-state index in [9.17, 15) is 9.59 Å². The molecule has 0 aliphatic carbocycles. The Labute approximate surface area is 168 Å². The first-order valence-corrected chi connectivity index (χ1v) is 10.1. The number of nitrogens with zero attached hydrogens (tertiary/aromatic N) is 3. The molecule has 0 saturated carbocycles. The van der Waals surface area contributed by atoms with Gasteiger partial charge in [-0.05, 0) is 63.6 Å². The zero-order valence-corrected chi connectivity index (χ0v) is 17.6. The molecule has 28 heavy (non-hydrogen) atoms. The smallest absolute Gasteiger partial charge is 0.271 e. The molecule has 3 rings (SSSR count). The lowest BCUT2D eigenvalue weighted by molar-refractivity contribution is -0.135. The van der Waals surface area contributed by atoms with Crippen LogP contribution in [0, 0.1) is 0 Å².